The Morgan fingerprint density at radius 3 is 2.00 bits per heavy atom. The lowest BCUT2D eigenvalue weighted by Gasteiger charge is -2.17. The molecule has 0 radical (unpaired) electrons. The zero-order valence-electron chi connectivity index (χ0n) is 7.63. The molecule has 2 heteroatoms. The van der Waals surface area contributed by atoms with E-state index in [2.05, 4.69) is 37.6 Å². The Morgan fingerprint density at radius 2 is 1.70 bits per heavy atom. The van der Waals surface area contributed by atoms with E-state index in [-0.39, 0.29) is 0 Å². The third-order valence-electron chi connectivity index (χ3n) is 1.36. The van der Waals surface area contributed by atoms with Crippen molar-refractivity contribution in [2.24, 2.45) is 4.99 Å². The zero-order valence-corrected chi connectivity index (χ0v) is 7.63. The molecule has 10 heavy (non-hydrogen) atoms. The van der Waals surface area contributed by atoms with E-state index in [1.54, 1.807) is 0 Å². The van der Waals surface area contributed by atoms with Gasteiger partial charge in [-0.2, -0.15) is 0 Å². The van der Waals surface area contributed by atoms with Gasteiger partial charge >= 0.3 is 0 Å². The van der Waals surface area contributed by atoms with Gasteiger partial charge in [0.1, 0.15) is 0 Å². The predicted molar refractivity (Wildman–Crippen MR) is 46.5 cm³/mol. The normalized spacial score (nSPS) is 11.9. The number of aliphatic imine (C=N–C) groups is 1. The average Bonchev–Trinajstić information content (AvgIpc) is 1.82. The van der Waals surface area contributed by atoms with Crippen LogP contribution in [0, 0.1) is 0 Å². The van der Waals surface area contributed by atoms with Crippen LogP contribution in [0.1, 0.15) is 27.7 Å². The van der Waals surface area contributed by atoms with Crippen molar-refractivity contribution in [2.75, 3.05) is 7.05 Å². The van der Waals surface area contributed by atoms with Gasteiger partial charge in [0, 0.05) is 19.1 Å². The van der Waals surface area contributed by atoms with Crippen molar-refractivity contribution < 1.29 is 0 Å². The van der Waals surface area contributed by atoms with Gasteiger partial charge in [-0.05, 0) is 27.7 Å². The van der Waals surface area contributed by atoms with Crippen LogP contribution in [-0.4, -0.2) is 30.4 Å². The second-order valence-corrected chi connectivity index (χ2v) is 3.12. The zero-order chi connectivity index (χ0) is 8.15. The van der Waals surface area contributed by atoms with Crippen LogP contribution in [0.15, 0.2) is 4.99 Å². The third-order valence-corrected chi connectivity index (χ3v) is 1.36. The van der Waals surface area contributed by atoms with Gasteiger partial charge in [-0.25, -0.2) is 0 Å². The summed E-state index contributed by atoms with van der Waals surface area (Å²) in [7, 11) is 2.04. The smallest absolute Gasteiger partial charge is 0.0852 e. The monoisotopic (exact) mass is 142 g/mol. The van der Waals surface area contributed by atoms with Crippen LogP contribution in [0.3, 0.4) is 0 Å². The van der Waals surface area contributed by atoms with Gasteiger partial charge < -0.3 is 4.90 Å². The maximum atomic E-state index is 4.25. The first-order valence-electron chi connectivity index (χ1n) is 3.79. The van der Waals surface area contributed by atoms with E-state index < -0.39 is 0 Å². The van der Waals surface area contributed by atoms with Crippen LogP contribution in [-0.2, 0) is 0 Å². The van der Waals surface area contributed by atoms with Crippen molar-refractivity contribution in [1.29, 1.82) is 0 Å². The topological polar surface area (TPSA) is 15.6 Å². The molecule has 0 saturated heterocycles. The van der Waals surface area contributed by atoms with E-state index in [1.165, 1.54) is 0 Å². The lowest BCUT2D eigenvalue weighted by Crippen LogP contribution is -2.24. The first-order valence-corrected chi connectivity index (χ1v) is 3.79. The van der Waals surface area contributed by atoms with Gasteiger partial charge in [0.2, 0.25) is 0 Å². The van der Waals surface area contributed by atoms with E-state index in [0.29, 0.717) is 12.1 Å². The fourth-order valence-electron chi connectivity index (χ4n) is 0.372. The Balaban J connectivity index is 3.66. The van der Waals surface area contributed by atoms with Gasteiger partial charge in [0.05, 0.1) is 6.34 Å². The fourth-order valence-corrected chi connectivity index (χ4v) is 0.372. The first kappa shape index (κ1) is 9.47. The van der Waals surface area contributed by atoms with Crippen LogP contribution < -0.4 is 0 Å². The summed E-state index contributed by atoms with van der Waals surface area (Å²) in [5.74, 6) is 0. The van der Waals surface area contributed by atoms with E-state index in [0.717, 1.165) is 0 Å². The lowest BCUT2D eigenvalue weighted by molar-refractivity contribution is 0.427. The van der Waals surface area contributed by atoms with E-state index in [9.17, 15) is 0 Å². The Bertz CT molecular complexity index is 106. The minimum atomic E-state index is 0.404. The molecule has 2 nitrogen and oxygen atoms in total. The summed E-state index contributed by atoms with van der Waals surface area (Å²) in [5, 5.41) is 0. The summed E-state index contributed by atoms with van der Waals surface area (Å²) in [6.07, 6.45) is 1.90. The summed E-state index contributed by atoms with van der Waals surface area (Å²) >= 11 is 0. The summed E-state index contributed by atoms with van der Waals surface area (Å²) in [5.41, 5.74) is 0. The summed E-state index contributed by atoms with van der Waals surface area (Å²) < 4.78 is 0. The Kier molecular flexibility index (Phi) is 4.08. The molecule has 0 aliphatic carbocycles. The number of hydrogen-bond acceptors (Lipinski definition) is 1. The minimum absolute atomic E-state index is 0.404. The quantitative estimate of drug-likeness (QED) is 0.433. The van der Waals surface area contributed by atoms with Gasteiger partial charge in [0.25, 0.3) is 0 Å². The van der Waals surface area contributed by atoms with Gasteiger partial charge in [-0.15, -0.1) is 0 Å². The van der Waals surface area contributed by atoms with Crippen LogP contribution in [0.25, 0.3) is 0 Å². The van der Waals surface area contributed by atoms with Gasteiger partial charge in [-0.3, -0.25) is 4.99 Å². The van der Waals surface area contributed by atoms with Gasteiger partial charge in [-0.1, -0.05) is 0 Å². The molecule has 0 spiro atoms. The van der Waals surface area contributed by atoms with Crippen molar-refractivity contribution in [2.45, 2.75) is 39.8 Å². The van der Waals surface area contributed by atoms with Crippen LogP contribution >= 0.6 is 0 Å². The Labute approximate surface area is 63.9 Å². The van der Waals surface area contributed by atoms with Crippen molar-refractivity contribution in [3.05, 3.63) is 0 Å². The lowest BCUT2D eigenvalue weighted by atomic mass is 10.4. The molecule has 0 aromatic heterocycles. The summed E-state index contributed by atoms with van der Waals surface area (Å²) in [6, 6.07) is 0.948. The van der Waals surface area contributed by atoms with Gasteiger partial charge in [0.15, 0.2) is 0 Å². The molecule has 0 heterocycles. The SMILES string of the molecule is CC(C)/N=C\N(C)C(C)C. The first-order chi connectivity index (χ1) is 4.54. The predicted octanol–water partition coefficient (Wildman–Crippen LogP) is 1.76. The number of nitrogens with zero attached hydrogens (tertiary/aromatic N) is 2. The Hall–Kier alpha value is -0.530. The molecule has 0 N–H and O–H groups in total. The molecule has 0 bridgehead atoms. The molecule has 0 amide bonds. The number of rotatable bonds is 3. The van der Waals surface area contributed by atoms with Crippen molar-refractivity contribution >= 4 is 6.34 Å². The molecule has 0 fully saturated rings. The van der Waals surface area contributed by atoms with Crippen LogP contribution in [0.4, 0.5) is 0 Å². The van der Waals surface area contributed by atoms with Crippen molar-refractivity contribution in [1.82, 2.24) is 4.90 Å². The molecule has 60 valence electrons. The standard InChI is InChI=1S/C8H18N2/c1-7(2)9-6-10(5)8(3)4/h6-8H,1-5H3/b9-6-. The second-order valence-electron chi connectivity index (χ2n) is 3.12. The molecule has 0 unspecified atom stereocenters. The third kappa shape index (κ3) is 4.36. The molecular formula is C8H18N2. The molecule has 0 atom stereocenters. The second kappa shape index (κ2) is 4.31. The highest BCUT2D eigenvalue weighted by Crippen LogP contribution is 1.90. The fraction of sp³-hybridized carbons (Fsp3) is 0.875. The van der Waals surface area contributed by atoms with Crippen molar-refractivity contribution in [3.63, 3.8) is 0 Å². The van der Waals surface area contributed by atoms with E-state index in [4.69, 9.17) is 0 Å². The van der Waals surface area contributed by atoms with Crippen LogP contribution in [0.2, 0.25) is 0 Å². The summed E-state index contributed by atoms with van der Waals surface area (Å²) in [4.78, 5) is 6.34. The maximum Gasteiger partial charge on any atom is 0.0852 e. The molecule has 0 aromatic rings. The van der Waals surface area contributed by atoms with Crippen LogP contribution in [0.5, 0.6) is 0 Å². The van der Waals surface area contributed by atoms with Crippen molar-refractivity contribution in [3.8, 4) is 0 Å². The Morgan fingerprint density at radius 1 is 1.20 bits per heavy atom. The highest BCUT2D eigenvalue weighted by Gasteiger charge is 1.95. The molecule has 0 aromatic carbocycles. The minimum Gasteiger partial charge on any atom is -0.364 e. The molecule has 0 aliphatic heterocycles. The molecular weight excluding hydrogens is 124 g/mol. The highest BCUT2D eigenvalue weighted by atomic mass is 15.1. The maximum absolute atomic E-state index is 4.25. The van der Waals surface area contributed by atoms with E-state index >= 15 is 0 Å². The highest BCUT2D eigenvalue weighted by molar-refractivity contribution is 5.54. The molecule has 0 saturated carbocycles. The largest absolute Gasteiger partial charge is 0.364 e. The summed E-state index contributed by atoms with van der Waals surface area (Å²) in [6.45, 7) is 8.44. The number of hydrogen-bond donors (Lipinski definition) is 0. The molecule has 0 rings (SSSR count). The molecule has 0 aliphatic rings. The van der Waals surface area contributed by atoms with E-state index in [1.807, 2.05) is 13.4 Å². The average molecular weight is 142 g/mol.